The van der Waals surface area contributed by atoms with Crippen LogP contribution in [0, 0.1) is 0 Å². The molecule has 0 unspecified atom stereocenters. The van der Waals surface area contributed by atoms with Crippen LogP contribution in [0.25, 0.3) is 6.08 Å². The van der Waals surface area contributed by atoms with E-state index in [4.69, 9.17) is 18.9 Å². The SMILES string of the molecule is CCN(CC)C(=O)C1=C(C)N=c2s/c(=C/c3ccc(N(C)C)o3)c(=O)n2[C@@H]1c1cc(OC)ccc1OC. The molecule has 10 heteroatoms. The van der Waals surface area contributed by atoms with Crippen LogP contribution < -0.4 is 29.3 Å². The van der Waals surface area contributed by atoms with Gasteiger partial charge in [0.1, 0.15) is 23.3 Å². The maximum absolute atomic E-state index is 13.9. The van der Waals surface area contributed by atoms with Gasteiger partial charge in [0.25, 0.3) is 11.5 Å². The van der Waals surface area contributed by atoms with Crippen molar-refractivity contribution in [1.82, 2.24) is 9.47 Å². The third-order valence-electron chi connectivity index (χ3n) is 6.36. The van der Waals surface area contributed by atoms with Gasteiger partial charge in [-0.15, -0.1) is 0 Å². The summed E-state index contributed by atoms with van der Waals surface area (Å²) in [6, 6.07) is 8.29. The lowest BCUT2D eigenvalue weighted by molar-refractivity contribution is -0.127. The molecule has 4 rings (SSSR count). The van der Waals surface area contributed by atoms with Gasteiger partial charge in [-0.1, -0.05) is 11.3 Å². The first-order valence-electron chi connectivity index (χ1n) is 12.0. The highest BCUT2D eigenvalue weighted by atomic mass is 32.1. The average molecular weight is 525 g/mol. The number of hydrogen-bond donors (Lipinski definition) is 0. The van der Waals surface area contributed by atoms with Crippen LogP contribution in [-0.2, 0) is 4.79 Å². The van der Waals surface area contributed by atoms with Gasteiger partial charge in [0.15, 0.2) is 10.7 Å². The summed E-state index contributed by atoms with van der Waals surface area (Å²) in [6.45, 7) is 6.73. The predicted molar refractivity (Wildman–Crippen MR) is 144 cm³/mol. The number of anilines is 1. The lowest BCUT2D eigenvalue weighted by Gasteiger charge is -2.30. The van der Waals surface area contributed by atoms with E-state index in [1.54, 1.807) is 41.9 Å². The number of allylic oxidation sites excluding steroid dienone is 1. The number of methoxy groups -OCH3 is 2. The van der Waals surface area contributed by atoms with E-state index in [-0.39, 0.29) is 11.5 Å². The fraction of sp³-hybridized carbons (Fsp3) is 0.370. The summed E-state index contributed by atoms with van der Waals surface area (Å²) >= 11 is 1.26. The Bertz CT molecular complexity index is 1520. The highest BCUT2D eigenvalue weighted by Crippen LogP contribution is 2.38. The topological polar surface area (TPSA) is 89.5 Å². The Morgan fingerprint density at radius 1 is 1.16 bits per heavy atom. The fourth-order valence-corrected chi connectivity index (χ4v) is 5.44. The standard InChI is InChI=1S/C27H32N4O5S/c1-8-30(9-2)26(33)23-16(3)28-27-31(24(23)19-14-17(34-6)10-12-20(19)35-7)25(32)21(37-27)15-18-11-13-22(36-18)29(4)5/h10-15,24H,8-9H2,1-7H3/b21-15+/t24-/m1/s1. The van der Waals surface area contributed by atoms with Crippen LogP contribution in [0.15, 0.2) is 55.8 Å². The average Bonchev–Trinajstić information content (AvgIpc) is 3.48. The van der Waals surface area contributed by atoms with Crippen LogP contribution in [0.3, 0.4) is 0 Å². The lowest BCUT2D eigenvalue weighted by Crippen LogP contribution is -2.43. The molecule has 2 aromatic heterocycles. The van der Waals surface area contributed by atoms with Gasteiger partial charge in [-0.25, -0.2) is 4.99 Å². The second-order valence-corrected chi connectivity index (χ2v) is 9.75. The van der Waals surface area contributed by atoms with Gasteiger partial charge in [0.2, 0.25) is 0 Å². The molecule has 0 spiro atoms. The smallest absolute Gasteiger partial charge is 0.271 e. The molecule has 3 aromatic rings. The van der Waals surface area contributed by atoms with Gasteiger partial charge >= 0.3 is 0 Å². The second-order valence-electron chi connectivity index (χ2n) is 8.74. The third kappa shape index (κ3) is 4.81. The van der Waals surface area contributed by atoms with Crippen molar-refractivity contribution in [2.75, 3.05) is 46.3 Å². The Hall–Kier alpha value is -3.79. The quantitative estimate of drug-likeness (QED) is 0.450. The first-order chi connectivity index (χ1) is 17.7. The number of thiazole rings is 1. The third-order valence-corrected chi connectivity index (χ3v) is 7.34. The molecule has 1 aromatic carbocycles. The molecule has 37 heavy (non-hydrogen) atoms. The number of rotatable bonds is 8. The maximum Gasteiger partial charge on any atom is 0.271 e. The van der Waals surface area contributed by atoms with E-state index in [9.17, 15) is 9.59 Å². The number of nitrogens with zero attached hydrogens (tertiary/aromatic N) is 4. The Balaban J connectivity index is 2.00. The van der Waals surface area contributed by atoms with Crippen molar-refractivity contribution in [3.8, 4) is 11.5 Å². The Morgan fingerprint density at radius 2 is 1.89 bits per heavy atom. The number of ether oxygens (including phenoxy) is 2. The number of carbonyl (C=O) groups excluding carboxylic acids is 1. The molecule has 3 heterocycles. The van der Waals surface area contributed by atoms with E-state index in [0.29, 0.717) is 62.4 Å². The highest BCUT2D eigenvalue weighted by Gasteiger charge is 2.36. The summed E-state index contributed by atoms with van der Waals surface area (Å²) in [5, 5.41) is 0. The summed E-state index contributed by atoms with van der Waals surface area (Å²) in [5.74, 6) is 2.20. The Labute approximate surface area is 219 Å². The van der Waals surface area contributed by atoms with E-state index in [0.717, 1.165) is 0 Å². The minimum absolute atomic E-state index is 0.169. The first kappa shape index (κ1) is 26.3. The Morgan fingerprint density at radius 3 is 2.49 bits per heavy atom. The van der Waals surface area contributed by atoms with Crippen LogP contribution in [0.5, 0.6) is 11.5 Å². The zero-order chi connectivity index (χ0) is 26.9. The van der Waals surface area contributed by atoms with Crippen molar-refractivity contribution < 1.29 is 18.7 Å². The van der Waals surface area contributed by atoms with Crippen LogP contribution in [0.2, 0.25) is 0 Å². The van der Waals surface area contributed by atoms with Crippen molar-refractivity contribution >= 4 is 29.2 Å². The molecule has 9 nitrogen and oxygen atoms in total. The van der Waals surface area contributed by atoms with Crippen LogP contribution in [0.4, 0.5) is 5.88 Å². The van der Waals surface area contributed by atoms with Gasteiger partial charge in [-0.2, -0.15) is 0 Å². The molecule has 0 aliphatic carbocycles. The van der Waals surface area contributed by atoms with E-state index in [1.807, 2.05) is 58.0 Å². The summed E-state index contributed by atoms with van der Waals surface area (Å²) in [5.41, 5.74) is 1.38. The van der Waals surface area contributed by atoms with Gasteiger partial charge < -0.3 is 23.7 Å². The van der Waals surface area contributed by atoms with Crippen molar-refractivity contribution in [1.29, 1.82) is 0 Å². The predicted octanol–water partition coefficient (Wildman–Crippen LogP) is 2.78. The monoisotopic (exact) mass is 524 g/mol. The summed E-state index contributed by atoms with van der Waals surface area (Å²) < 4.78 is 19.0. The Kier molecular flexibility index (Phi) is 7.58. The molecule has 1 atom stereocenters. The van der Waals surface area contributed by atoms with E-state index < -0.39 is 6.04 Å². The number of aromatic nitrogens is 1. The van der Waals surface area contributed by atoms with Crippen LogP contribution in [0.1, 0.15) is 38.1 Å². The van der Waals surface area contributed by atoms with Gasteiger partial charge in [0, 0.05) is 44.9 Å². The molecule has 1 aliphatic heterocycles. The highest BCUT2D eigenvalue weighted by molar-refractivity contribution is 7.07. The van der Waals surface area contributed by atoms with Crippen molar-refractivity contribution in [3.05, 3.63) is 72.6 Å². The van der Waals surface area contributed by atoms with Crippen molar-refractivity contribution in [3.63, 3.8) is 0 Å². The number of carbonyl (C=O) groups is 1. The first-order valence-corrected chi connectivity index (χ1v) is 12.9. The van der Waals surface area contributed by atoms with Gasteiger partial charge in [-0.3, -0.25) is 14.2 Å². The molecule has 1 amide bonds. The van der Waals surface area contributed by atoms with Crippen LogP contribution in [-0.4, -0.2) is 56.8 Å². The number of furan rings is 1. The van der Waals surface area contributed by atoms with Crippen LogP contribution >= 0.6 is 11.3 Å². The van der Waals surface area contributed by atoms with E-state index >= 15 is 0 Å². The molecular formula is C27H32N4O5S. The number of hydrogen-bond acceptors (Lipinski definition) is 8. The minimum atomic E-state index is -0.745. The van der Waals surface area contributed by atoms with E-state index in [1.165, 1.54) is 11.3 Å². The fourth-order valence-electron chi connectivity index (χ4n) is 4.41. The zero-order valence-corrected chi connectivity index (χ0v) is 23.0. The molecule has 0 radical (unpaired) electrons. The molecule has 1 aliphatic rings. The lowest BCUT2D eigenvalue weighted by atomic mass is 9.93. The molecule has 0 saturated heterocycles. The summed E-state index contributed by atoms with van der Waals surface area (Å²) in [7, 11) is 6.91. The van der Waals surface area contributed by atoms with Gasteiger partial charge in [0.05, 0.1) is 30.0 Å². The molecule has 0 saturated carbocycles. The number of amides is 1. The zero-order valence-electron chi connectivity index (χ0n) is 22.2. The maximum atomic E-state index is 13.9. The second kappa shape index (κ2) is 10.7. The van der Waals surface area contributed by atoms with Crippen molar-refractivity contribution in [2.24, 2.45) is 4.99 Å². The van der Waals surface area contributed by atoms with E-state index in [2.05, 4.69) is 0 Å². The molecule has 0 N–H and O–H groups in total. The summed E-state index contributed by atoms with van der Waals surface area (Å²) in [4.78, 5) is 36.5. The molecule has 0 fully saturated rings. The molecule has 196 valence electrons. The largest absolute Gasteiger partial charge is 0.497 e. The van der Waals surface area contributed by atoms with Gasteiger partial charge in [-0.05, 0) is 45.0 Å². The number of likely N-dealkylation sites (N-methyl/N-ethyl adjacent to an activating group) is 1. The summed E-state index contributed by atoms with van der Waals surface area (Å²) in [6.07, 6.45) is 1.71. The molecular weight excluding hydrogens is 492 g/mol. The normalized spacial score (nSPS) is 15.3. The number of benzene rings is 1. The number of fused-ring (bicyclic) bond motifs is 1. The molecule has 0 bridgehead atoms. The van der Waals surface area contributed by atoms with Crippen molar-refractivity contribution in [2.45, 2.75) is 26.8 Å². The minimum Gasteiger partial charge on any atom is -0.497 e.